The van der Waals surface area contributed by atoms with Crippen molar-refractivity contribution in [2.45, 2.75) is 44.6 Å². The summed E-state index contributed by atoms with van der Waals surface area (Å²) in [5.41, 5.74) is 0.611. The van der Waals surface area contributed by atoms with Crippen LogP contribution in [-0.2, 0) is 30.4 Å². The number of carbonyl (C=O) groups excluding carboxylic acids is 5. The van der Waals surface area contributed by atoms with E-state index in [9.17, 15) is 41.9 Å². The van der Waals surface area contributed by atoms with Gasteiger partial charge in [-0.15, -0.1) is 0 Å². The standard InChI is InChI=1S/C35H36ClF3N4O9/c1-19(2)29(31(47)35(37,38)39)42-34(50)30(21-10-12-24(51-3)13-11-21)43-33(49)26(15-20-6-4-8-23(36)14-20)41-32(48)22-7-5-9-25(16-22)52-18-27(44)40-17-28(45)46/h4-14,16,19,26,29-30H,15,17-18H2,1-3H3,(H,40,44)(H,41,48)(H,42,50)(H,43,49)(H,45,46)/t26?,29-,30?/m0/s1. The Morgan fingerprint density at radius 2 is 1.52 bits per heavy atom. The van der Waals surface area contributed by atoms with Gasteiger partial charge >= 0.3 is 12.1 Å². The van der Waals surface area contributed by atoms with Crippen molar-refractivity contribution in [2.24, 2.45) is 5.92 Å². The molecule has 3 rings (SSSR count). The minimum absolute atomic E-state index is 0.0118. The SMILES string of the molecule is COc1ccc(C(NC(=O)C(Cc2cccc(Cl)c2)NC(=O)c2cccc(OCC(=O)NCC(=O)O)c2)C(=O)N[C@H](C(=O)C(F)(F)F)C(C)C)cc1. The van der Waals surface area contributed by atoms with E-state index in [0.717, 1.165) is 0 Å². The summed E-state index contributed by atoms with van der Waals surface area (Å²) in [7, 11) is 1.39. The number of carboxylic acid groups (broad SMARTS) is 1. The largest absolute Gasteiger partial charge is 0.497 e. The molecule has 3 aromatic carbocycles. The lowest BCUT2D eigenvalue weighted by molar-refractivity contribution is -0.175. The fourth-order valence-corrected chi connectivity index (χ4v) is 4.95. The number of Topliss-reactive ketones (excluding diaryl/α,β-unsaturated/α-hetero) is 1. The van der Waals surface area contributed by atoms with E-state index in [0.29, 0.717) is 16.3 Å². The Morgan fingerprint density at radius 1 is 0.846 bits per heavy atom. The smallest absolute Gasteiger partial charge is 0.452 e. The molecule has 0 bridgehead atoms. The first kappa shape index (κ1) is 40.8. The Bertz CT molecular complexity index is 1770. The first-order valence-corrected chi connectivity index (χ1v) is 16.0. The van der Waals surface area contributed by atoms with Crippen LogP contribution in [0.1, 0.15) is 41.4 Å². The second-order valence-corrected chi connectivity index (χ2v) is 12.1. The number of ketones is 1. The maximum Gasteiger partial charge on any atom is 0.452 e. The second kappa shape index (κ2) is 18.6. The number of methoxy groups -OCH3 is 1. The quantitative estimate of drug-likeness (QED) is 0.138. The number of halogens is 4. The van der Waals surface area contributed by atoms with E-state index < -0.39 is 78.8 Å². The van der Waals surface area contributed by atoms with Gasteiger partial charge in [-0.1, -0.05) is 55.8 Å². The Balaban J connectivity index is 1.92. The van der Waals surface area contributed by atoms with Gasteiger partial charge in [0, 0.05) is 17.0 Å². The number of alkyl halides is 3. The average Bonchev–Trinajstić information content (AvgIpc) is 3.09. The van der Waals surface area contributed by atoms with Gasteiger partial charge in [-0.3, -0.25) is 28.8 Å². The van der Waals surface area contributed by atoms with Gasteiger partial charge in [0.25, 0.3) is 17.6 Å². The zero-order valence-electron chi connectivity index (χ0n) is 28.1. The van der Waals surface area contributed by atoms with Crippen LogP contribution in [0.4, 0.5) is 13.2 Å². The van der Waals surface area contributed by atoms with Crippen molar-refractivity contribution in [1.29, 1.82) is 0 Å². The van der Waals surface area contributed by atoms with Crippen LogP contribution in [0.5, 0.6) is 11.5 Å². The topological polar surface area (TPSA) is 189 Å². The molecule has 0 radical (unpaired) electrons. The van der Waals surface area contributed by atoms with Crippen molar-refractivity contribution in [1.82, 2.24) is 21.3 Å². The predicted octanol–water partition coefficient (Wildman–Crippen LogP) is 3.40. The Kier molecular flexibility index (Phi) is 14.6. The van der Waals surface area contributed by atoms with Crippen LogP contribution >= 0.6 is 11.6 Å². The lowest BCUT2D eigenvalue weighted by Gasteiger charge is -2.27. The number of aliphatic carboxylic acids is 1. The third kappa shape index (κ3) is 12.3. The van der Waals surface area contributed by atoms with E-state index in [-0.39, 0.29) is 23.3 Å². The summed E-state index contributed by atoms with van der Waals surface area (Å²) in [4.78, 5) is 75.8. The molecule has 278 valence electrons. The number of ether oxygens (including phenoxy) is 2. The number of amides is 4. The van der Waals surface area contributed by atoms with Crippen molar-refractivity contribution >= 4 is 47.0 Å². The number of carbonyl (C=O) groups is 6. The normalized spacial score (nSPS) is 12.8. The molecule has 0 saturated carbocycles. The molecule has 52 heavy (non-hydrogen) atoms. The van der Waals surface area contributed by atoms with Crippen LogP contribution in [0, 0.1) is 5.92 Å². The van der Waals surface area contributed by atoms with Gasteiger partial charge in [-0.2, -0.15) is 13.2 Å². The van der Waals surface area contributed by atoms with Crippen molar-refractivity contribution in [3.05, 3.63) is 94.5 Å². The van der Waals surface area contributed by atoms with Crippen LogP contribution in [0.25, 0.3) is 0 Å². The van der Waals surface area contributed by atoms with Crippen LogP contribution in [0.2, 0.25) is 5.02 Å². The van der Waals surface area contributed by atoms with Crippen LogP contribution in [0.3, 0.4) is 0 Å². The van der Waals surface area contributed by atoms with Crippen molar-refractivity contribution in [2.75, 3.05) is 20.3 Å². The summed E-state index contributed by atoms with van der Waals surface area (Å²) in [6.07, 6.45) is -5.40. The molecular formula is C35H36ClF3N4O9. The summed E-state index contributed by atoms with van der Waals surface area (Å²) in [6.45, 7) is 1.46. The minimum atomic E-state index is -5.25. The average molecular weight is 749 g/mol. The summed E-state index contributed by atoms with van der Waals surface area (Å²) in [5.74, 6) is -7.52. The molecule has 3 atom stereocenters. The molecular weight excluding hydrogens is 713 g/mol. The van der Waals surface area contributed by atoms with E-state index in [1.807, 2.05) is 0 Å². The number of carboxylic acids is 1. The molecule has 0 aromatic heterocycles. The summed E-state index contributed by atoms with van der Waals surface area (Å²) in [5, 5.41) is 18.4. The third-order valence-corrected chi connectivity index (χ3v) is 7.61. The Morgan fingerprint density at radius 3 is 2.12 bits per heavy atom. The second-order valence-electron chi connectivity index (χ2n) is 11.7. The molecule has 13 nitrogen and oxygen atoms in total. The van der Waals surface area contributed by atoms with Gasteiger partial charge in [0.05, 0.1) is 13.2 Å². The highest BCUT2D eigenvalue weighted by atomic mass is 35.5. The summed E-state index contributed by atoms with van der Waals surface area (Å²) >= 11 is 6.15. The van der Waals surface area contributed by atoms with Crippen molar-refractivity contribution in [3.8, 4) is 11.5 Å². The number of hydrogen-bond donors (Lipinski definition) is 5. The lowest BCUT2D eigenvalue weighted by Crippen LogP contribution is -2.55. The highest BCUT2D eigenvalue weighted by Crippen LogP contribution is 2.24. The number of hydrogen-bond acceptors (Lipinski definition) is 8. The number of nitrogens with one attached hydrogen (secondary N) is 4. The number of rotatable bonds is 17. The van der Waals surface area contributed by atoms with E-state index in [4.69, 9.17) is 26.2 Å². The maximum absolute atomic E-state index is 14.0. The molecule has 3 aromatic rings. The summed E-state index contributed by atoms with van der Waals surface area (Å²) < 4.78 is 50.7. The Hall–Kier alpha value is -5.64. The molecule has 4 amide bonds. The molecule has 0 fully saturated rings. The molecule has 0 aliphatic carbocycles. The van der Waals surface area contributed by atoms with Crippen LogP contribution in [-0.4, -0.2) is 79.0 Å². The van der Waals surface area contributed by atoms with Gasteiger partial charge in [0.1, 0.15) is 30.1 Å². The van der Waals surface area contributed by atoms with E-state index in [2.05, 4.69) is 21.3 Å². The van der Waals surface area contributed by atoms with Gasteiger partial charge in [-0.25, -0.2) is 0 Å². The van der Waals surface area contributed by atoms with E-state index in [1.165, 1.54) is 69.5 Å². The zero-order chi connectivity index (χ0) is 38.6. The molecule has 17 heteroatoms. The molecule has 0 heterocycles. The van der Waals surface area contributed by atoms with Crippen molar-refractivity contribution < 1.29 is 56.5 Å². The maximum atomic E-state index is 14.0. The zero-order valence-corrected chi connectivity index (χ0v) is 28.8. The van der Waals surface area contributed by atoms with Gasteiger partial charge in [-0.05, 0) is 59.5 Å². The number of benzene rings is 3. The summed E-state index contributed by atoms with van der Waals surface area (Å²) in [6, 6.07) is 12.6. The fraction of sp³-hybridized carbons (Fsp3) is 0.314. The van der Waals surface area contributed by atoms with Gasteiger partial charge < -0.3 is 35.8 Å². The molecule has 0 saturated heterocycles. The van der Waals surface area contributed by atoms with Crippen molar-refractivity contribution in [3.63, 3.8) is 0 Å². The van der Waals surface area contributed by atoms with E-state index >= 15 is 0 Å². The first-order chi connectivity index (χ1) is 24.5. The van der Waals surface area contributed by atoms with Crippen LogP contribution < -0.4 is 30.7 Å². The highest BCUT2D eigenvalue weighted by molar-refractivity contribution is 6.30. The van der Waals surface area contributed by atoms with Crippen LogP contribution in [0.15, 0.2) is 72.8 Å². The molecule has 2 unspecified atom stereocenters. The minimum Gasteiger partial charge on any atom is -0.497 e. The fourth-order valence-electron chi connectivity index (χ4n) is 4.74. The molecule has 0 aliphatic heterocycles. The predicted molar refractivity (Wildman–Crippen MR) is 181 cm³/mol. The lowest BCUT2D eigenvalue weighted by atomic mass is 9.97. The molecule has 0 spiro atoms. The monoisotopic (exact) mass is 748 g/mol. The van der Waals surface area contributed by atoms with Gasteiger partial charge in [0.15, 0.2) is 6.61 Å². The van der Waals surface area contributed by atoms with E-state index in [1.54, 1.807) is 24.3 Å². The van der Waals surface area contributed by atoms with Gasteiger partial charge in [0.2, 0.25) is 11.8 Å². The highest BCUT2D eigenvalue weighted by Gasteiger charge is 2.45. The molecule has 5 N–H and O–H groups in total. The Labute approximate surface area is 301 Å². The molecule has 0 aliphatic rings. The third-order valence-electron chi connectivity index (χ3n) is 7.38. The first-order valence-electron chi connectivity index (χ1n) is 15.6.